The van der Waals surface area contributed by atoms with Gasteiger partial charge in [-0.2, -0.15) is 8.42 Å². The first-order valence-electron chi connectivity index (χ1n) is 0.333. The largest absolute Gasteiger partial charge is 0.335 e. The van der Waals surface area contributed by atoms with Crippen LogP contribution >= 0.6 is 0 Å². The molecule has 0 aliphatic heterocycles. The predicted octanol–water partition coefficient (Wildman–Crippen LogP) is -1.05. The van der Waals surface area contributed by atoms with E-state index in [0.717, 1.165) is 0 Å². The van der Waals surface area contributed by atoms with E-state index in [4.69, 9.17) is 8.42 Å². The van der Waals surface area contributed by atoms with E-state index >= 15 is 0 Å². The summed E-state index contributed by atoms with van der Waals surface area (Å²) in [5.41, 5.74) is 0. The van der Waals surface area contributed by atoms with Crippen molar-refractivity contribution < 1.29 is 8.42 Å². The molecule has 0 aromatic heterocycles. The Kier molecular flexibility index (Phi) is 20.3. The summed E-state index contributed by atoms with van der Waals surface area (Å²) < 4.78 is 16.6. The Balaban J connectivity index is 0. The molecule has 0 spiro atoms. The molecule has 0 fully saturated rings. The van der Waals surface area contributed by atoms with Crippen LogP contribution in [0.4, 0.5) is 0 Å². The van der Waals surface area contributed by atoms with Crippen LogP contribution in [0.15, 0.2) is 0 Å². The summed E-state index contributed by atoms with van der Waals surface area (Å²) in [6.45, 7) is 0. The maximum Gasteiger partial charge on any atom is 0.335 e. The molecule has 0 aromatic carbocycles. The first-order chi connectivity index (χ1) is 1.41. The number of rotatable bonds is 0. The maximum absolute atomic E-state index is 8.29. The van der Waals surface area contributed by atoms with Crippen molar-refractivity contribution >= 4 is 41.1 Å². The van der Waals surface area contributed by atoms with Crippen molar-refractivity contribution in [3.05, 3.63) is 0 Å². The zero-order valence-corrected chi connectivity index (χ0v) is 5.04. The Morgan fingerprint density at radius 1 is 1.25 bits per heavy atom. The van der Waals surface area contributed by atoms with Crippen LogP contribution in [0.2, 0.25) is 0 Å². The van der Waals surface area contributed by atoms with Crippen molar-refractivity contribution in [1.29, 1.82) is 0 Å². The molecule has 0 aliphatic carbocycles. The van der Waals surface area contributed by atoms with Crippen LogP contribution in [0.1, 0.15) is 0 Å². The Hall–Kier alpha value is 0.820. The van der Waals surface area contributed by atoms with E-state index in [1.165, 1.54) is 0 Å². The van der Waals surface area contributed by atoms with Crippen LogP contribution < -0.4 is 0 Å². The molecule has 0 rings (SSSR count). The SMILES string of the molecule is O=S=O.[Na]. The van der Waals surface area contributed by atoms with Crippen LogP contribution in [-0.2, 0) is 11.6 Å². The van der Waals surface area contributed by atoms with Gasteiger partial charge in [0.15, 0.2) is 0 Å². The fourth-order valence-corrected chi connectivity index (χ4v) is 0. The smallest absolute Gasteiger partial charge is 0.168 e. The minimum absolute atomic E-state index is 0. The van der Waals surface area contributed by atoms with E-state index in [1.54, 1.807) is 0 Å². The van der Waals surface area contributed by atoms with Gasteiger partial charge in [0.25, 0.3) is 0 Å². The van der Waals surface area contributed by atoms with Gasteiger partial charge in [-0.25, -0.2) is 0 Å². The Bertz CT molecular complexity index is 27.0. The Morgan fingerprint density at radius 3 is 1.25 bits per heavy atom. The summed E-state index contributed by atoms with van der Waals surface area (Å²) in [6, 6.07) is 0. The van der Waals surface area contributed by atoms with Crippen molar-refractivity contribution in [3.63, 3.8) is 0 Å². The molecule has 4 heteroatoms. The summed E-state index contributed by atoms with van der Waals surface area (Å²) in [7, 11) is 0. The van der Waals surface area contributed by atoms with E-state index in [1.807, 2.05) is 0 Å². The Morgan fingerprint density at radius 2 is 1.25 bits per heavy atom. The molecule has 0 heterocycles. The molecule has 0 atom stereocenters. The van der Waals surface area contributed by atoms with Crippen molar-refractivity contribution in [3.8, 4) is 0 Å². The van der Waals surface area contributed by atoms with E-state index in [2.05, 4.69) is 0 Å². The molecule has 0 aliphatic rings. The topological polar surface area (TPSA) is 34.1 Å². The van der Waals surface area contributed by atoms with Crippen molar-refractivity contribution in [2.45, 2.75) is 0 Å². The van der Waals surface area contributed by atoms with Crippen LogP contribution in [-0.4, -0.2) is 38.0 Å². The van der Waals surface area contributed by atoms with Gasteiger partial charge in [0.1, 0.15) is 0 Å². The molecule has 0 amide bonds. The predicted molar refractivity (Wildman–Crippen MR) is 14.7 cm³/mol. The second-order valence-corrected chi connectivity index (χ2v) is 0.204. The molecule has 4 heavy (non-hydrogen) atoms. The second-order valence-electron chi connectivity index (χ2n) is 0.0680. The number of hydrogen-bond donors (Lipinski definition) is 0. The molecule has 0 bridgehead atoms. The van der Waals surface area contributed by atoms with Gasteiger partial charge in [0, 0.05) is 29.6 Å². The van der Waals surface area contributed by atoms with Crippen LogP contribution in [0.5, 0.6) is 0 Å². The van der Waals surface area contributed by atoms with Gasteiger partial charge in [0.2, 0.25) is 0 Å². The first kappa shape index (κ1) is 8.84. The third kappa shape index (κ3) is 13.9. The average Bonchev–Trinajstić information content (AvgIpc) is 0.918. The van der Waals surface area contributed by atoms with Crippen molar-refractivity contribution in [2.24, 2.45) is 0 Å². The van der Waals surface area contributed by atoms with Gasteiger partial charge in [-0.1, -0.05) is 0 Å². The molecular formula is NaO2S. The quantitative estimate of drug-likeness (QED) is 0.353. The zero-order valence-electron chi connectivity index (χ0n) is 2.22. The van der Waals surface area contributed by atoms with Crippen LogP contribution in [0.25, 0.3) is 0 Å². The van der Waals surface area contributed by atoms with Gasteiger partial charge >= 0.3 is 11.6 Å². The molecule has 0 saturated heterocycles. The van der Waals surface area contributed by atoms with E-state index in [0.29, 0.717) is 0 Å². The standard InChI is InChI=1S/Na.O2S/c;1-3-2. The van der Waals surface area contributed by atoms with Crippen LogP contribution in [0.3, 0.4) is 0 Å². The molecular weight excluding hydrogens is 87.1 g/mol. The van der Waals surface area contributed by atoms with E-state index in [9.17, 15) is 0 Å². The third-order valence-electron chi connectivity index (χ3n) is 0. The van der Waals surface area contributed by atoms with E-state index in [-0.39, 0.29) is 29.6 Å². The summed E-state index contributed by atoms with van der Waals surface area (Å²) >= 11 is -0.750. The molecule has 0 unspecified atom stereocenters. The van der Waals surface area contributed by atoms with Crippen LogP contribution in [0, 0.1) is 0 Å². The second kappa shape index (κ2) is 9.17. The summed E-state index contributed by atoms with van der Waals surface area (Å²) in [5, 5.41) is 0. The fraction of sp³-hybridized carbons (Fsp3) is 0. The van der Waals surface area contributed by atoms with Crippen molar-refractivity contribution in [1.82, 2.24) is 0 Å². The number of hydrogen-bond acceptors (Lipinski definition) is 2. The monoisotopic (exact) mass is 87.0 g/mol. The molecule has 19 valence electrons. The molecule has 0 saturated carbocycles. The molecule has 1 radical (unpaired) electrons. The molecule has 0 N–H and O–H groups in total. The zero-order chi connectivity index (χ0) is 2.71. The third-order valence-corrected chi connectivity index (χ3v) is 0. The minimum Gasteiger partial charge on any atom is -0.168 e. The maximum atomic E-state index is 8.29. The molecule has 2 nitrogen and oxygen atoms in total. The minimum atomic E-state index is -0.750. The molecule has 0 aromatic rings. The van der Waals surface area contributed by atoms with Gasteiger partial charge in [0.05, 0.1) is 0 Å². The summed E-state index contributed by atoms with van der Waals surface area (Å²) in [5.74, 6) is 0. The fourth-order valence-electron chi connectivity index (χ4n) is 0. The summed E-state index contributed by atoms with van der Waals surface area (Å²) in [4.78, 5) is 0. The van der Waals surface area contributed by atoms with Gasteiger partial charge in [-0.3, -0.25) is 0 Å². The van der Waals surface area contributed by atoms with Crippen molar-refractivity contribution in [2.75, 3.05) is 0 Å². The first-order valence-corrected chi connectivity index (χ1v) is 1.00. The van der Waals surface area contributed by atoms with Gasteiger partial charge in [-0.05, 0) is 0 Å². The normalized spacial score (nSPS) is 3.00. The average molecular weight is 87.1 g/mol. The van der Waals surface area contributed by atoms with Gasteiger partial charge < -0.3 is 0 Å². The van der Waals surface area contributed by atoms with E-state index < -0.39 is 11.6 Å². The Labute approximate surface area is 49.5 Å². The van der Waals surface area contributed by atoms with Gasteiger partial charge in [-0.15, -0.1) is 0 Å². The summed E-state index contributed by atoms with van der Waals surface area (Å²) in [6.07, 6.45) is 0.